The number of piperidine rings is 1. The van der Waals surface area contributed by atoms with Gasteiger partial charge in [-0.2, -0.15) is 0 Å². The minimum atomic E-state index is -0.463. The van der Waals surface area contributed by atoms with Gasteiger partial charge in [0.05, 0.1) is 0 Å². The van der Waals surface area contributed by atoms with E-state index in [9.17, 15) is 9.90 Å². The summed E-state index contributed by atoms with van der Waals surface area (Å²) in [4.78, 5) is 18.1. The normalized spacial score (nSPS) is 20.4. The Hall–Kier alpha value is -1.63. The molecule has 0 unspecified atom stereocenters. The van der Waals surface area contributed by atoms with Crippen molar-refractivity contribution in [2.75, 3.05) is 52.4 Å². The van der Waals surface area contributed by atoms with Crippen molar-refractivity contribution in [3.05, 3.63) is 29.8 Å². The third kappa shape index (κ3) is 6.19. The molecule has 150 valence electrons. The number of amides is 1. The van der Waals surface area contributed by atoms with E-state index in [2.05, 4.69) is 15.9 Å². The van der Waals surface area contributed by atoms with Gasteiger partial charge < -0.3 is 19.6 Å². The van der Waals surface area contributed by atoms with Gasteiger partial charge >= 0.3 is 0 Å². The molecule has 1 atom stereocenters. The van der Waals surface area contributed by atoms with E-state index in [4.69, 9.17) is 4.74 Å². The van der Waals surface area contributed by atoms with Crippen LogP contribution in [0.1, 0.15) is 31.7 Å². The van der Waals surface area contributed by atoms with Crippen LogP contribution in [0.15, 0.2) is 24.3 Å². The molecule has 1 amide bonds. The molecular weight excluding hydrogens is 342 g/mol. The van der Waals surface area contributed by atoms with Crippen molar-refractivity contribution in [3.63, 3.8) is 0 Å². The van der Waals surface area contributed by atoms with Crippen LogP contribution in [-0.4, -0.2) is 84.2 Å². The molecule has 2 heterocycles. The molecule has 0 spiro atoms. The first kappa shape index (κ1) is 20.1. The predicted molar refractivity (Wildman–Crippen MR) is 106 cm³/mol. The van der Waals surface area contributed by atoms with Gasteiger partial charge in [-0.1, -0.05) is 24.6 Å². The van der Waals surface area contributed by atoms with Crippen LogP contribution in [0.3, 0.4) is 0 Å². The summed E-state index contributed by atoms with van der Waals surface area (Å²) in [7, 11) is 0. The summed E-state index contributed by atoms with van der Waals surface area (Å²) in [6.07, 6.45) is 3.30. The van der Waals surface area contributed by atoms with Crippen LogP contribution in [-0.2, 0) is 11.3 Å². The number of likely N-dealkylation sites (tertiary alicyclic amines) is 1. The first-order valence-electron chi connectivity index (χ1n) is 10.2. The lowest BCUT2D eigenvalue weighted by atomic mass is 10.1. The molecule has 27 heavy (non-hydrogen) atoms. The lowest BCUT2D eigenvalue weighted by Gasteiger charge is -2.34. The maximum Gasteiger partial charge on any atom is 0.219 e. The number of carbonyl (C=O) groups is 1. The maximum absolute atomic E-state index is 11.5. The number of nitrogens with zero attached hydrogens (tertiary/aromatic N) is 3. The van der Waals surface area contributed by atoms with Crippen molar-refractivity contribution in [3.8, 4) is 5.75 Å². The molecule has 0 aliphatic carbocycles. The first-order valence-corrected chi connectivity index (χ1v) is 10.2. The Bertz CT molecular complexity index is 596. The van der Waals surface area contributed by atoms with E-state index < -0.39 is 6.10 Å². The number of piperazine rings is 1. The number of β-amino-alcohol motifs (C(OH)–C–C–N with tert-alkyl or cyclic N) is 1. The zero-order valence-electron chi connectivity index (χ0n) is 16.5. The van der Waals surface area contributed by atoms with Crippen LogP contribution in [0.25, 0.3) is 0 Å². The Morgan fingerprint density at radius 3 is 2.44 bits per heavy atom. The Balaban J connectivity index is 1.48. The van der Waals surface area contributed by atoms with Crippen LogP contribution in [0.2, 0.25) is 0 Å². The molecule has 1 N–H and O–H groups in total. The van der Waals surface area contributed by atoms with Gasteiger partial charge in [0.25, 0.3) is 0 Å². The number of aliphatic hydroxyl groups excluding tert-OH is 1. The zero-order valence-corrected chi connectivity index (χ0v) is 16.5. The van der Waals surface area contributed by atoms with Crippen molar-refractivity contribution in [1.82, 2.24) is 14.7 Å². The average Bonchev–Trinajstić information content (AvgIpc) is 2.68. The predicted octanol–water partition coefficient (Wildman–Crippen LogP) is 1.58. The Morgan fingerprint density at radius 1 is 1.04 bits per heavy atom. The number of ether oxygens (including phenoxy) is 1. The number of hydrogen-bond donors (Lipinski definition) is 1. The molecule has 6 heteroatoms. The lowest BCUT2D eigenvalue weighted by molar-refractivity contribution is -0.130. The summed E-state index contributed by atoms with van der Waals surface area (Å²) >= 11 is 0. The van der Waals surface area contributed by atoms with Crippen LogP contribution in [0.4, 0.5) is 0 Å². The molecule has 0 bridgehead atoms. The minimum absolute atomic E-state index is 0.154. The van der Waals surface area contributed by atoms with Gasteiger partial charge in [-0.05, 0) is 32.0 Å². The summed E-state index contributed by atoms with van der Waals surface area (Å²) in [6.45, 7) is 8.95. The van der Waals surface area contributed by atoms with E-state index in [1.165, 1.54) is 19.3 Å². The van der Waals surface area contributed by atoms with E-state index >= 15 is 0 Å². The molecule has 2 aliphatic heterocycles. The van der Waals surface area contributed by atoms with Gasteiger partial charge in [-0.15, -0.1) is 0 Å². The average molecular weight is 376 g/mol. The molecule has 2 saturated heterocycles. The number of carbonyl (C=O) groups excluding carboxylic acids is 1. The van der Waals surface area contributed by atoms with E-state index in [1.807, 2.05) is 23.1 Å². The van der Waals surface area contributed by atoms with Crippen LogP contribution >= 0.6 is 0 Å². The number of benzene rings is 1. The van der Waals surface area contributed by atoms with Gasteiger partial charge in [0.15, 0.2) is 0 Å². The van der Waals surface area contributed by atoms with Crippen molar-refractivity contribution in [2.45, 2.75) is 38.8 Å². The van der Waals surface area contributed by atoms with Gasteiger partial charge in [-0.3, -0.25) is 9.69 Å². The topological polar surface area (TPSA) is 56.3 Å². The Kier molecular flexibility index (Phi) is 7.50. The van der Waals surface area contributed by atoms with E-state index in [0.29, 0.717) is 13.2 Å². The largest absolute Gasteiger partial charge is 0.491 e. The molecule has 3 rings (SSSR count). The highest BCUT2D eigenvalue weighted by molar-refractivity contribution is 5.73. The fourth-order valence-electron chi connectivity index (χ4n) is 3.92. The quantitative estimate of drug-likeness (QED) is 0.784. The molecule has 0 radical (unpaired) electrons. The summed E-state index contributed by atoms with van der Waals surface area (Å²) in [5.41, 5.74) is 1.14. The molecule has 2 fully saturated rings. The van der Waals surface area contributed by atoms with Crippen molar-refractivity contribution < 1.29 is 14.6 Å². The first-order chi connectivity index (χ1) is 13.1. The third-order valence-electron chi connectivity index (χ3n) is 5.53. The summed E-state index contributed by atoms with van der Waals surface area (Å²) in [5.74, 6) is 1.00. The van der Waals surface area contributed by atoms with Gasteiger partial charge in [0.1, 0.15) is 18.5 Å². The number of rotatable bonds is 7. The Morgan fingerprint density at radius 2 is 1.74 bits per heavy atom. The molecule has 0 saturated carbocycles. The van der Waals surface area contributed by atoms with E-state index in [1.54, 1.807) is 6.92 Å². The second-order valence-electron chi connectivity index (χ2n) is 7.72. The highest BCUT2D eigenvalue weighted by Crippen LogP contribution is 2.21. The van der Waals surface area contributed by atoms with E-state index in [0.717, 1.165) is 57.1 Å². The number of aliphatic hydroxyl groups is 1. The fraction of sp³-hybridized carbons (Fsp3) is 0.667. The smallest absolute Gasteiger partial charge is 0.219 e. The second-order valence-corrected chi connectivity index (χ2v) is 7.72. The zero-order chi connectivity index (χ0) is 19.1. The summed E-state index contributed by atoms with van der Waals surface area (Å²) in [6, 6.07) is 8.07. The highest BCUT2D eigenvalue weighted by atomic mass is 16.5. The molecule has 6 nitrogen and oxygen atoms in total. The van der Waals surface area contributed by atoms with Gasteiger partial charge in [-0.25, -0.2) is 0 Å². The van der Waals surface area contributed by atoms with Crippen molar-refractivity contribution >= 4 is 5.91 Å². The number of hydrogen-bond acceptors (Lipinski definition) is 5. The van der Waals surface area contributed by atoms with Crippen molar-refractivity contribution in [2.24, 2.45) is 0 Å². The molecular formula is C21H33N3O3. The van der Waals surface area contributed by atoms with E-state index in [-0.39, 0.29) is 5.91 Å². The van der Waals surface area contributed by atoms with Crippen LogP contribution in [0, 0.1) is 0 Å². The second kappa shape index (κ2) is 10.1. The summed E-state index contributed by atoms with van der Waals surface area (Å²) in [5, 5.41) is 10.3. The monoisotopic (exact) mass is 375 g/mol. The third-order valence-corrected chi connectivity index (χ3v) is 5.53. The maximum atomic E-state index is 11.5. The minimum Gasteiger partial charge on any atom is -0.491 e. The molecule has 1 aromatic carbocycles. The standard InChI is InChI=1S/C21H33N3O3/c1-18(25)24-13-11-23(12-14-24)15-19-7-3-4-8-21(19)27-17-20(26)16-22-9-5-2-6-10-22/h3-4,7-8,20,26H,2,5-6,9-17H2,1H3/t20-/m1/s1. The van der Waals surface area contributed by atoms with Crippen molar-refractivity contribution in [1.29, 1.82) is 0 Å². The highest BCUT2D eigenvalue weighted by Gasteiger charge is 2.20. The van der Waals surface area contributed by atoms with Crippen LogP contribution in [0.5, 0.6) is 5.75 Å². The Labute approximate surface area is 162 Å². The number of para-hydroxylation sites is 1. The van der Waals surface area contributed by atoms with Gasteiger partial charge in [0, 0.05) is 51.8 Å². The molecule has 0 aromatic heterocycles. The summed E-state index contributed by atoms with van der Waals surface area (Å²) < 4.78 is 5.97. The van der Waals surface area contributed by atoms with Crippen LogP contribution < -0.4 is 4.74 Å². The van der Waals surface area contributed by atoms with Gasteiger partial charge in [0.2, 0.25) is 5.91 Å². The molecule has 2 aliphatic rings. The molecule has 1 aromatic rings. The SMILES string of the molecule is CC(=O)N1CCN(Cc2ccccc2OC[C@H](O)CN2CCCCC2)CC1. The fourth-order valence-corrected chi connectivity index (χ4v) is 3.92. The lowest BCUT2D eigenvalue weighted by Crippen LogP contribution is -2.47.